The van der Waals surface area contributed by atoms with E-state index in [0.717, 1.165) is 0 Å². The van der Waals surface area contributed by atoms with Gasteiger partial charge in [0.25, 0.3) is 5.56 Å². The van der Waals surface area contributed by atoms with Crippen LogP contribution >= 0.6 is 0 Å². The Morgan fingerprint density at radius 1 is 1.00 bits per heavy atom. The Kier molecular flexibility index (Phi) is 3.23. The molecule has 0 aliphatic heterocycles. The van der Waals surface area contributed by atoms with Crippen molar-refractivity contribution in [3.05, 3.63) is 45.1 Å². The fourth-order valence-corrected chi connectivity index (χ4v) is 1.11. The summed E-state index contributed by atoms with van der Waals surface area (Å²) < 4.78 is 0. The molecule has 0 unspecified atom stereocenters. The molecule has 1 aromatic carbocycles. The normalized spacial score (nSPS) is 9.29. The number of fused-ring (bicyclic) bond motifs is 1. The number of benzene rings is 1. The zero-order chi connectivity index (χ0) is 10.6. The smallest absolute Gasteiger partial charge is 0.307 e. The van der Waals surface area contributed by atoms with Crippen molar-refractivity contribution in [2.75, 3.05) is 0 Å². The molecular formula is C10H12N2O2. The van der Waals surface area contributed by atoms with Crippen LogP contribution in [0.25, 0.3) is 10.9 Å². The van der Waals surface area contributed by atoms with E-state index in [9.17, 15) is 9.59 Å². The summed E-state index contributed by atoms with van der Waals surface area (Å²) in [6.45, 7) is 4.00. The summed E-state index contributed by atoms with van der Waals surface area (Å²) in [6, 6.07) is 6.85. The Morgan fingerprint density at radius 2 is 1.64 bits per heavy atom. The van der Waals surface area contributed by atoms with Crippen molar-refractivity contribution in [1.29, 1.82) is 0 Å². The number of H-pyrrole nitrogens is 2. The molecule has 4 heteroatoms. The molecule has 74 valence electrons. The molecule has 2 aromatic rings. The van der Waals surface area contributed by atoms with Crippen LogP contribution in [0.1, 0.15) is 13.8 Å². The van der Waals surface area contributed by atoms with Crippen molar-refractivity contribution in [2.24, 2.45) is 0 Å². The highest BCUT2D eigenvalue weighted by Crippen LogP contribution is 2.01. The lowest BCUT2D eigenvalue weighted by Crippen LogP contribution is -2.21. The monoisotopic (exact) mass is 192 g/mol. The van der Waals surface area contributed by atoms with Crippen molar-refractivity contribution >= 4 is 10.9 Å². The van der Waals surface area contributed by atoms with E-state index in [1.807, 2.05) is 13.8 Å². The summed E-state index contributed by atoms with van der Waals surface area (Å²) in [5, 5.41) is 0.497. The van der Waals surface area contributed by atoms with Gasteiger partial charge in [-0.2, -0.15) is 0 Å². The molecule has 0 saturated carbocycles. The molecule has 1 aromatic heterocycles. The fraction of sp³-hybridized carbons (Fsp3) is 0.200. The third-order valence-corrected chi connectivity index (χ3v) is 1.65. The zero-order valence-corrected chi connectivity index (χ0v) is 8.13. The Morgan fingerprint density at radius 3 is 2.36 bits per heavy atom. The molecule has 14 heavy (non-hydrogen) atoms. The van der Waals surface area contributed by atoms with Crippen LogP contribution in [0.4, 0.5) is 0 Å². The lowest BCUT2D eigenvalue weighted by atomic mass is 10.2. The third-order valence-electron chi connectivity index (χ3n) is 1.65. The van der Waals surface area contributed by atoms with E-state index in [2.05, 4.69) is 9.97 Å². The third kappa shape index (κ3) is 1.90. The topological polar surface area (TPSA) is 65.7 Å². The lowest BCUT2D eigenvalue weighted by molar-refractivity contribution is 1.08. The number of hydrogen-bond acceptors (Lipinski definition) is 2. The van der Waals surface area contributed by atoms with E-state index in [1.54, 1.807) is 24.3 Å². The van der Waals surface area contributed by atoms with Gasteiger partial charge in [0.1, 0.15) is 0 Å². The van der Waals surface area contributed by atoms with Gasteiger partial charge in [0.05, 0.1) is 10.9 Å². The van der Waals surface area contributed by atoms with Crippen LogP contribution in [-0.4, -0.2) is 9.97 Å². The van der Waals surface area contributed by atoms with E-state index in [-0.39, 0.29) is 5.56 Å². The Hall–Kier alpha value is -1.84. The van der Waals surface area contributed by atoms with Crippen molar-refractivity contribution in [3.63, 3.8) is 0 Å². The Bertz CT molecular complexity index is 525. The lowest BCUT2D eigenvalue weighted by Gasteiger charge is -1.92. The minimum absolute atomic E-state index is 0.352. The fourth-order valence-electron chi connectivity index (χ4n) is 1.11. The largest absolute Gasteiger partial charge is 0.326 e. The Labute approximate surface area is 80.6 Å². The van der Waals surface area contributed by atoms with Gasteiger partial charge in [-0.1, -0.05) is 26.0 Å². The number of rotatable bonds is 0. The van der Waals surface area contributed by atoms with Gasteiger partial charge < -0.3 is 4.98 Å². The second-order valence-electron chi connectivity index (χ2n) is 2.45. The molecule has 0 amide bonds. The molecule has 0 bridgehead atoms. The molecule has 1 heterocycles. The first-order chi connectivity index (χ1) is 6.77. The van der Waals surface area contributed by atoms with Gasteiger partial charge in [0.2, 0.25) is 0 Å². The van der Waals surface area contributed by atoms with Crippen molar-refractivity contribution in [1.82, 2.24) is 9.97 Å². The highest BCUT2D eigenvalue weighted by molar-refractivity contribution is 5.76. The SMILES string of the molecule is CC.O=c1[nH]c(=O)c2ccccc2[nH]1. The van der Waals surface area contributed by atoms with Crippen LogP contribution in [-0.2, 0) is 0 Å². The average molecular weight is 192 g/mol. The maximum absolute atomic E-state index is 11.1. The van der Waals surface area contributed by atoms with Gasteiger partial charge in [-0.05, 0) is 12.1 Å². The van der Waals surface area contributed by atoms with Gasteiger partial charge in [-0.25, -0.2) is 4.79 Å². The standard InChI is InChI=1S/C8H6N2O2.C2H6/c11-7-5-3-1-2-4-6(5)9-8(12)10-7;1-2/h1-4H,(H2,9,10,11,12);1-2H3. The van der Waals surface area contributed by atoms with Crippen molar-refractivity contribution in [2.45, 2.75) is 13.8 Å². The first-order valence-electron chi connectivity index (χ1n) is 4.49. The van der Waals surface area contributed by atoms with Gasteiger partial charge in [0.15, 0.2) is 0 Å². The number of hydrogen-bond donors (Lipinski definition) is 2. The van der Waals surface area contributed by atoms with Crippen molar-refractivity contribution in [3.8, 4) is 0 Å². The summed E-state index contributed by atoms with van der Waals surface area (Å²) in [5.41, 5.74) is -0.265. The molecule has 2 N–H and O–H groups in total. The molecule has 4 nitrogen and oxygen atoms in total. The minimum atomic E-state index is -0.473. The number of aromatic amines is 2. The molecule has 0 spiro atoms. The molecule has 2 rings (SSSR count). The average Bonchev–Trinajstić information content (AvgIpc) is 2.20. The summed E-state index contributed by atoms with van der Waals surface area (Å²) in [4.78, 5) is 26.6. The van der Waals surface area contributed by atoms with Crippen LogP contribution < -0.4 is 11.2 Å². The maximum atomic E-state index is 11.1. The second-order valence-corrected chi connectivity index (χ2v) is 2.45. The van der Waals surface area contributed by atoms with Crippen LogP contribution in [0.15, 0.2) is 33.9 Å². The molecule has 0 aliphatic carbocycles. The van der Waals surface area contributed by atoms with E-state index >= 15 is 0 Å². The van der Waals surface area contributed by atoms with E-state index in [0.29, 0.717) is 10.9 Å². The summed E-state index contributed by atoms with van der Waals surface area (Å²) >= 11 is 0. The number of para-hydroxylation sites is 1. The molecular weight excluding hydrogens is 180 g/mol. The van der Waals surface area contributed by atoms with Gasteiger partial charge >= 0.3 is 5.69 Å². The molecule has 0 saturated heterocycles. The minimum Gasteiger partial charge on any atom is -0.307 e. The van der Waals surface area contributed by atoms with Crippen LogP contribution in [0, 0.1) is 0 Å². The number of aromatic nitrogens is 2. The maximum Gasteiger partial charge on any atom is 0.326 e. The van der Waals surface area contributed by atoms with E-state index < -0.39 is 5.69 Å². The Balaban J connectivity index is 0.000000461. The van der Waals surface area contributed by atoms with Crippen LogP contribution in [0.2, 0.25) is 0 Å². The molecule has 0 fully saturated rings. The second kappa shape index (κ2) is 4.41. The van der Waals surface area contributed by atoms with E-state index in [4.69, 9.17) is 0 Å². The molecule has 0 radical (unpaired) electrons. The first kappa shape index (κ1) is 10.2. The summed E-state index contributed by atoms with van der Waals surface area (Å²) in [5.74, 6) is 0. The predicted octanol–water partition coefficient (Wildman–Crippen LogP) is 1.24. The zero-order valence-electron chi connectivity index (χ0n) is 8.13. The van der Waals surface area contributed by atoms with Gasteiger partial charge in [-0.3, -0.25) is 9.78 Å². The summed E-state index contributed by atoms with van der Waals surface area (Å²) in [6.07, 6.45) is 0. The van der Waals surface area contributed by atoms with Crippen molar-refractivity contribution < 1.29 is 0 Å². The highest BCUT2D eigenvalue weighted by atomic mass is 16.2. The highest BCUT2D eigenvalue weighted by Gasteiger charge is 1.96. The van der Waals surface area contributed by atoms with Gasteiger partial charge in [0, 0.05) is 0 Å². The molecule has 0 aliphatic rings. The van der Waals surface area contributed by atoms with Crippen LogP contribution in [0.5, 0.6) is 0 Å². The molecule has 0 atom stereocenters. The van der Waals surface area contributed by atoms with E-state index in [1.165, 1.54) is 0 Å². The summed E-state index contributed by atoms with van der Waals surface area (Å²) in [7, 11) is 0. The first-order valence-corrected chi connectivity index (χ1v) is 4.49. The van der Waals surface area contributed by atoms with Crippen LogP contribution in [0.3, 0.4) is 0 Å². The quantitative estimate of drug-likeness (QED) is 0.659. The number of nitrogens with one attached hydrogen (secondary N) is 2. The predicted molar refractivity (Wildman–Crippen MR) is 56.5 cm³/mol. The van der Waals surface area contributed by atoms with Gasteiger partial charge in [-0.15, -0.1) is 0 Å².